The number of thioether (sulfide) groups is 1. The molecule has 9 heteroatoms. The van der Waals surface area contributed by atoms with Crippen LogP contribution in [0.5, 0.6) is 0 Å². The summed E-state index contributed by atoms with van der Waals surface area (Å²) >= 11 is 1.61. The highest BCUT2D eigenvalue weighted by molar-refractivity contribution is 7.99. The van der Waals surface area contributed by atoms with E-state index in [9.17, 15) is 18.4 Å². The van der Waals surface area contributed by atoms with Gasteiger partial charge in [0.2, 0.25) is 0 Å². The number of halogens is 2. The van der Waals surface area contributed by atoms with Crippen LogP contribution in [0.3, 0.4) is 0 Å². The van der Waals surface area contributed by atoms with Crippen molar-refractivity contribution in [2.24, 2.45) is 0 Å². The van der Waals surface area contributed by atoms with Crippen molar-refractivity contribution in [2.75, 3.05) is 11.9 Å². The molecule has 1 aromatic carbocycles. The molecule has 1 N–H and O–H groups in total. The van der Waals surface area contributed by atoms with Crippen LogP contribution in [0, 0.1) is 0 Å². The highest BCUT2D eigenvalue weighted by atomic mass is 32.2. The maximum Gasteiger partial charge on any atom is 0.311 e. The summed E-state index contributed by atoms with van der Waals surface area (Å²) < 4.78 is 29.3. The van der Waals surface area contributed by atoms with Crippen molar-refractivity contribution in [3.8, 4) is 0 Å². The first-order valence-corrected chi connectivity index (χ1v) is 8.70. The SMILES string of the molecule is CCOC(=O)Cc1csc(NC(=O)c2ccc(SC(F)F)cc2)n1. The fraction of sp³-hybridized carbons (Fsp3) is 0.267. The van der Waals surface area contributed by atoms with E-state index in [1.54, 1.807) is 12.3 Å². The van der Waals surface area contributed by atoms with E-state index in [0.717, 1.165) is 0 Å². The predicted octanol–water partition coefficient (Wildman–Crippen LogP) is 3.82. The molecule has 2 rings (SSSR count). The summed E-state index contributed by atoms with van der Waals surface area (Å²) in [6.07, 6.45) is 0.0414. The van der Waals surface area contributed by atoms with Crippen LogP contribution in [-0.4, -0.2) is 29.2 Å². The van der Waals surface area contributed by atoms with Crippen molar-refractivity contribution >= 4 is 40.1 Å². The number of hydrogen-bond donors (Lipinski definition) is 1. The monoisotopic (exact) mass is 372 g/mol. The highest BCUT2D eigenvalue weighted by Gasteiger charge is 2.12. The third kappa shape index (κ3) is 5.57. The van der Waals surface area contributed by atoms with Crippen LogP contribution in [-0.2, 0) is 16.0 Å². The van der Waals surface area contributed by atoms with Crippen LogP contribution in [0.4, 0.5) is 13.9 Å². The average Bonchev–Trinajstić information content (AvgIpc) is 2.94. The summed E-state index contributed by atoms with van der Waals surface area (Å²) in [5, 5.41) is 4.62. The maximum absolute atomic E-state index is 12.3. The number of benzene rings is 1. The second-order valence-electron chi connectivity index (χ2n) is 4.48. The topological polar surface area (TPSA) is 68.3 Å². The van der Waals surface area contributed by atoms with Crippen molar-refractivity contribution < 1.29 is 23.1 Å². The van der Waals surface area contributed by atoms with E-state index >= 15 is 0 Å². The summed E-state index contributed by atoms with van der Waals surface area (Å²) in [5.41, 5.74) is 0.841. The Morgan fingerprint density at radius 3 is 2.67 bits per heavy atom. The lowest BCUT2D eigenvalue weighted by atomic mass is 10.2. The van der Waals surface area contributed by atoms with Gasteiger partial charge in [0.05, 0.1) is 18.7 Å². The minimum atomic E-state index is -2.50. The van der Waals surface area contributed by atoms with Crippen LogP contribution >= 0.6 is 23.1 Å². The number of alkyl halides is 2. The lowest BCUT2D eigenvalue weighted by molar-refractivity contribution is -0.142. The smallest absolute Gasteiger partial charge is 0.311 e. The van der Waals surface area contributed by atoms with Crippen molar-refractivity contribution in [1.29, 1.82) is 0 Å². The number of anilines is 1. The zero-order chi connectivity index (χ0) is 17.5. The summed E-state index contributed by atoms with van der Waals surface area (Å²) in [6, 6.07) is 5.85. The number of carbonyl (C=O) groups is 2. The van der Waals surface area contributed by atoms with Gasteiger partial charge in [-0.3, -0.25) is 14.9 Å². The number of nitrogens with one attached hydrogen (secondary N) is 1. The molecule has 0 radical (unpaired) electrons. The molecule has 0 aliphatic carbocycles. The first-order valence-electron chi connectivity index (χ1n) is 6.94. The molecular weight excluding hydrogens is 358 g/mol. The quantitative estimate of drug-likeness (QED) is 0.591. The largest absolute Gasteiger partial charge is 0.466 e. The molecule has 0 spiro atoms. The maximum atomic E-state index is 12.3. The molecule has 5 nitrogen and oxygen atoms in total. The number of esters is 1. The zero-order valence-corrected chi connectivity index (χ0v) is 14.3. The molecule has 0 fully saturated rings. The Kier molecular flexibility index (Phi) is 6.68. The predicted molar refractivity (Wildman–Crippen MR) is 88.7 cm³/mol. The fourth-order valence-corrected chi connectivity index (χ4v) is 2.97. The van der Waals surface area contributed by atoms with Crippen molar-refractivity contribution in [3.05, 3.63) is 40.9 Å². The van der Waals surface area contributed by atoms with Crippen molar-refractivity contribution in [3.63, 3.8) is 0 Å². The number of amides is 1. The lowest BCUT2D eigenvalue weighted by Crippen LogP contribution is -2.12. The van der Waals surface area contributed by atoms with Gasteiger partial charge in [0, 0.05) is 15.8 Å². The molecule has 0 aliphatic heterocycles. The number of hydrogen-bond acceptors (Lipinski definition) is 6. The number of carbonyl (C=O) groups excluding carboxylic acids is 2. The molecule has 0 saturated heterocycles. The molecule has 1 amide bonds. The number of nitrogens with zero attached hydrogens (tertiary/aromatic N) is 1. The molecular formula is C15H14F2N2O3S2. The Balaban J connectivity index is 1.94. The second kappa shape index (κ2) is 8.74. The standard InChI is InChI=1S/C15H14F2N2O3S2/c1-2-22-12(20)7-10-8-23-15(18-10)19-13(21)9-3-5-11(6-4-9)24-14(16)17/h3-6,8,14H,2,7H2,1H3,(H,18,19,21). The number of aromatic nitrogens is 1. The van der Waals surface area contributed by atoms with Gasteiger partial charge in [-0.15, -0.1) is 11.3 Å². The Morgan fingerprint density at radius 1 is 1.33 bits per heavy atom. The van der Waals surface area contributed by atoms with Crippen LogP contribution < -0.4 is 5.32 Å². The van der Waals surface area contributed by atoms with Crippen molar-refractivity contribution in [1.82, 2.24) is 4.98 Å². The molecule has 0 atom stereocenters. The molecule has 0 saturated carbocycles. The van der Waals surface area contributed by atoms with Gasteiger partial charge in [0.1, 0.15) is 0 Å². The van der Waals surface area contributed by atoms with E-state index in [0.29, 0.717) is 39.7 Å². The van der Waals surface area contributed by atoms with Crippen LogP contribution in [0.25, 0.3) is 0 Å². The first kappa shape index (κ1) is 18.3. The van der Waals surface area contributed by atoms with Gasteiger partial charge < -0.3 is 4.74 Å². The fourth-order valence-electron chi connectivity index (χ4n) is 1.76. The molecule has 1 aromatic heterocycles. The summed E-state index contributed by atoms with van der Waals surface area (Å²) in [5.74, 6) is -3.29. The minimum Gasteiger partial charge on any atom is -0.466 e. The van der Waals surface area contributed by atoms with E-state index < -0.39 is 11.7 Å². The van der Waals surface area contributed by atoms with Gasteiger partial charge in [0.25, 0.3) is 11.7 Å². The first-order chi connectivity index (χ1) is 11.5. The van der Waals surface area contributed by atoms with E-state index in [2.05, 4.69) is 10.3 Å². The van der Waals surface area contributed by atoms with Gasteiger partial charge >= 0.3 is 5.97 Å². The molecule has 1 heterocycles. The molecule has 2 aromatic rings. The highest BCUT2D eigenvalue weighted by Crippen LogP contribution is 2.25. The van der Waals surface area contributed by atoms with Crippen LogP contribution in [0.1, 0.15) is 23.0 Å². The van der Waals surface area contributed by atoms with Crippen LogP contribution in [0.15, 0.2) is 34.5 Å². The minimum absolute atomic E-state index is 0.0414. The molecule has 24 heavy (non-hydrogen) atoms. The normalized spacial score (nSPS) is 10.7. The lowest BCUT2D eigenvalue weighted by Gasteiger charge is -2.04. The summed E-state index contributed by atoms with van der Waals surface area (Å²) in [7, 11) is 0. The van der Waals surface area contributed by atoms with E-state index in [1.807, 2.05) is 0 Å². The van der Waals surface area contributed by atoms with Crippen LogP contribution in [0.2, 0.25) is 0 Å². The average molecular weight is 372 g/mol. The second-order valence-corrected chi connectivity index (χ2v) is 6.40. The molecule has 128 valence electrons. The number of ether oxygens (including phenoxy) is 1. The molecule has 0 unspecified atom stereocenters. The third-order valence-corrected chi connectivity index (χ3v) is 4.27. The van der Waals surface area contributed by atoms with Gasteiger partial charge in [0.15, 0.2) is 5.13 Å². The summed E-state index contributed by atoms with van der Waals surface area (Å²) in [6.45, 7) is 2.02. The Bertz CT molecular complexity index is 705. The molecule has 0 aliphatic rings. The van der Waals surface area contributed by atoms with Gasteiger partial charge in [-0.1, -0.05) is 11.8 Å². The van der Waals surface area contributed by atoms with Gasteiger partial charge in [-0.2, -0.15) is 8.78 Å². The van der Waals surface area contributed by atoms with E-state index in [4.69, 9.17) is 4.74 Å². The molecule has 0 bridgehead atoms. The number of rotatable bonds is 7. The summed E-state index contributed by atoms with van der Waals surface area (Å²) in [4.78, 5) is 28.0. The Hall–Kier alpha value is -2.00. The van der Waals surface area contributed by atoms with Crippen molar-refractivity contribution in [2.45, 2.75) is 24.0 Å². The Morgan fingerprint density at radius 2 is 2.04 bits per heavy atom. The van der Waals surface area contributed by atoms with E-state index in [1.165, 1.54) is 35.6 Å². The third-order valence-electron chi connectivity index (χ3n) is 2.74. The van der Waals surface area contributed by atoms with E-state index in [-0.39, 0.29) is 12.4 Å². The Labute approximate surface area is 145 Å². The van der Waals surface area contributed by atoms with Gasteiger partial charge in [-0.05, 0) is 31.2 Å². The van der Waals surface area contributed by atoms with Gasteiger partial charge in [-0.25, -0.2) is 4.98 Å². The number of thiazole rings is 1. The zero-order valence-electron chi connectivity index (χ0n) is 12.6.